The van der Waals surface area contributed by atoms with E-state index >= 15 is 0 Å². The van der Waals surface area contributed by atoms with Gasteiger partial charge >= 0.3 is 51.4 Å². The van der Waals surface area contributed by atoms with Gasteiger partial charge in [0.2, 0.25) is 0 Å². The molecule has 14 heavy (non-hydrogen) atoms. The normalized spacial score (nSPS) is 8.93. The summed E-state index contributed by atoms with van der Waals surface area (Å²) in [5.41, 5.74) is -1.04. The SMILES string of the molecule is O=C([O-])c1cc(Cl)ccc1[N+](=O)[O-].[K+]. The molecule has 0 unspecified atom stereocenters. The molecule has 0 aliphatic carbocycles. The Labute approximate surface area is 127 Å². The first-order chi connectivity index (χ1) is 6.02. The van der Waals surface area contributed by atoms with Crippen LogP contribution >= 0.6 is 11.6 Å². The van der Waals surface area contributed by atoms with Crippen molar-refractivity contribution in [2.75, 3.05) is 0 Å². The Kier molecular flexibility index (Phi) is 5.80. The van der Waals surface area contributed by atoms with Crippen LogP contribution in [0.3, 0.4) is 0 Å². The molecule has 1 aromatic carbocycles. The van der Waals surface area contributed by atoms with Crippen LogP contribution < -0.4 is 56.5 Å². The van der Waals surface area contributed by atoms with Gasteiger partial charge in [-0.1, -0.05) is 11.6 Å². The maximum absolute atomic E-state index is 10.4. The molecule has 68 valence electrons. The zero-order valence-electron chi connectivity index (χ0n) is 7.19. The number of nitro groups is 1. The van der Waals surface area contributed by atoms with Crippen LogP contribution in [0.4, 0.5) is 5.69 Å². The topological polar surface area (TPSA) is 83.3 Å². The van der Waals surface area contributed by atoms with E-state index < -0.39 is 22.1 Å². The van der Waals surface area contributed by atoms with Gasteiger partial charge in [-0.15, -0.1) is 0 Å². The van der Waals surface area contributed by atoms with Crippen molar-refractivity contribution in [2.45, 2.75) is 0 Å². The van der Waals surface area contributed by atoms with Crippen molar-refractivity contribution in [1.82, 2.24) is 0 Å². The third kappa shape index (κ3) is 3.30. The fourth-order valence-electron chi connectivity index (χ4n) is 0.831. The van der Waals surface area contributed by atoms with Crippen molar-refractivity contribution in [3.63, 3.8) is 0 Å². The van der Waals surface area contributed by atoms with Crippen molar-refractivity contribution in [3.8, 4) is 0 Å². The van der Waals surface area contributed by atoms with Crippen LogP contribution in [0.25, 0.3) is 0 Å². The minimum absolute atomic E-state index is 0. The molecular formula is C7H3ClKNO4. The summed E-state index contributed by atoms with van der Waals surface area (Å²) in [7, 11) is 0. The number of carboxylic acid groups (broad SMARTS) is 1. The van der Waals surface area contributed by atoms with Gasteiger partial charge in [-0.2, -0.15) is 0 Å². The third-order valence-electron chi connectivity index (χ3n) is 1.38. The van der Waals surface area contributed by atoms with Crippen LogP contribution in [0.15, 0.2) is 18.2 Å². The molecule has 0 saturated carbocycles. The van der Waals surface area contributed by atoms with E-state index in [0.717, 1.165) is 12.1 Å². The van der Waals surface area contributed by atoms with E-state index in [0.29, 0.717) is 0 Å². The van der Waals surface area contributed by atoms with E-state index in [1.165, 1.54) is 6.07 Å². The molecule has 0 atom stereocenters. The average molecular weight is 240 g/mol. The maximum atomic E-state index is 10.4. The van der Waals surface area contributed by atoms with Gasteiger partial charge in [0.1, 0.15) is 0 Å². The van der Waals surface area contributed by atoms with Crippen LogP contribution in [-0.4, -0.2) is 10.9 Å². The Hall–Kier alpha value is 0.0164. The van der Waals surface area contributed by atoms with Gasteiger partial charge in [0.25, 0.3) is 5.69 Å². The van der Waals surface area contributed by atoms with Gasteiger partial charge in [-0.25, -0.2) is 0 Å². The average Bonchev–Trinajstić information content (AvgIpc) is 2.03. The molecule has 0 aromatic heterocycles. The fraction of sp³-hybridized carbons (Fsp3) is 0. The molecule has 0 bridgehead atoms. The Balaban J connectivity index is 0.00000169. The summed E-state index contributed by atoms with van der Waals surface area (Å²) in [6.07, 6.45) is 0. The standard InChI is InChI=1S/C7H4ClNO4.K/c8-4-1-2-6(9(12)13)5(3-4)7(10)11;/h1-3H,(H,10,11);/q;+1/p-1. The summed E-state index contributed by atoms with van der Waals surface area (Å²) < 4.78 is 0. The first-order valence-electron chi connectivity index (χ1n) is 3.17. The van der Waals surface area contributed by atoms with E-state index in [-0.39, 0.29) is 56.4 Å². The molecule has 0 aliphatic heterocycles. The third-order valence-corrected chi connectivity index (χ3v) is 1.61. The van der Waals surface area contributed by atoms with Gasteiger partial charge in [0, 0.05) is 11.1 Å². The van der Waals surface area contributed by atoms with Crippen molar-refractivity contribution in [3.05, 3.63) is 38.9 Å². The van der Waals surface area contributed by atoms with Crippen LogP contribution in [0.2, 0.25) is 5.02 Å². The molecule has 7 heteroatoms. The molecule has 0 N–H and O–H groups in total. The molecule has 5 nitrogen and oxygen atoms in total. The van der Waals surface area contributed by atoms with Crippen LogP contribution in [0, 0.1) is 10.1 Å². The summed E-state index contributed by atoms with van der Waals surface area (Å²) in [4.78, 5) is 19.9. The Morgan fingerprint density at radius 2 is 2.00 bits per heavy atom. The minimum Gasteiger partial charge on any atom is -0.545 e. The van der Waals surface area contributed by atoms with E-state index in [9.17, 15) is 20.0 Å². The first kappa shape index (κ1) is 14.0. The number of halogens is 1. The predicted molar refractivity (Wildman–Crippen MR) is 42.4 cm³/mol. The summed E-state index contributed by atoms with van der Waals surface area (Å²) in [6.45, 7) is 0. The quantitative estimate of drug-likeness (QED) is 0.328. The molecule has 0 spiro atoms. The number of hydrogen-bond acceptors (Lipinski definition) is 4. The second kappa shape index (κ2) is 5.79. The van der Waals surface area contributed by atoms with E-state index in [4.69, 9.17) is 11.6 Å². The van der Waals surface area contributed by atoms with E-state index in [2.05, 4.69) is 0 Å². The second-order valence-electron chi connectivity index (χ2n) is 2.21. The number of carbonyl (C=O) groups is 1. The fourth-order valence-corrected chi connectivity index (χ4v) is 1.00. The largest absolute Gasteiger partial charge is 1.00 e. The molecule has 0 aliphatic rings. The van der Waals surface area contributed by atoms with Crippen molar-refractivity contribution < 1.29 is 66.2 Å². The molecule has 1 rings (SSSR count). The van der Waals surface area contributed by atoms with Crippen LogP contribution in [-0.2, 0) is 0 Å². The number of nitro benzene ring substituents is 1. The Bertz CT molecular complexity index is 382. The maximum Gasteiger partial charge on any atom is 1.00 e. The van der Waals surface area contributed by atoms with Gasteiger partial charge in [-0.3, -0.25) is 10.1 Å². The molecule has 0 radical (unpaired) electrons. The number of aromatic carboxylic acids is 1. The van der Waals surface area contributed by atoms with E-state index in [1.54, 1.807) is 0 Å². The minimum atomic E-state index is -1.62. The smallest absolute Gasteiger partial charge is 0.545 e. The van der Waals surface area contributed by atoms with Gasteiger partial charge < -0.3 is 9.90 Å². The van der Waals surface area contributed by atoms with Gasteiger partial charge in [0.05, 0.1) is 16.5 Å². The van der Waals surface area contributed by atoms with Gasteiger partial charge in [-0.05, 0) is 12.1 Å². The number of benzene rings is 1. The van der Waals surface area contributed by atoms with Crippen molar-refractivity contribution >= 4 is 23.3 Å². The molecule has 0 fully saturated rings. The summed E-state index contributed by atoms with van der Waals surface area (Å²) in [5, 5.41) is 20.8. The van der Waals surface area contributed by atoms with Crippen molar-refractivity contribution in [1.29, 1.82) is 0 Å². The Morgan fingerprint density at radius 3 is 2.43 bits per heavy atom. The van der Waals surface area contributed by atoms with Crippen LogP contribution in [0.5, 0.6) is 0 Å². The molecule has 1 aromatic rings. The molecule has 0 saturated heterocycles. The monoisotopic (exact) mass is 239 g/mol. The van der Waals surface area contributed by atoms with Crippen LogP contribution in [0.1, 0.15) is 10.4 Å². The number of carbonyl (C=O) groups excluding carboxylic acids is 1. The summed E-state index contributed by atoms with van der Waals surface area (Å²) in [5.74, 6) is -1.62. The number of rotatable bonds is 2. The van der Waals surface area contributed by atoms with E-state index in [1.807, 2.05) is 0 Å². The second-order valence-corrected chi connectivity index (χ2v) is 2.64. The van der Waals surface area contributed by atoms with Crippen molar-refractivity contribution in [2.24, 2.45) is 0 Å². The first-order valence-corrected chi connectivity index (χ1v) is 3.55. The van der Waals surface area contributed by atoms with Gasteiger partial charge in [0.15, 0.2) is 0 Å². The Morgan fingerprint density at radius 1 is 1.43 bits per heavy atom. The zero-order valence-corrected chi connectivity index (χ0v) is 11.1. The molecule has 0 heterocycles. The summed E-state index contributed by atoms with van der Waals surface area (Å²) >= 11 is 5.45. The zero-order chi connectivity index (χ0) is 10.0. The predicted octanol–water partition coefficient (Wildman–Crippen LogP) is -2.38. The number of hydrogen-bond donors (Lipinski definition) is 0. The molecular weight excluding hydrogens is 237 g/mol. The molecule has 0 amide bonds. The summed E-state index contributed by atoms with van der Waals surface area (Å²) in [6, 6.07) is 3.24. The number of carboxylic acids is 1. The number of nitrogens with zero attached hydrogens (tertiary/aromatic N) is 1.